The quantitative estimate of drug-likeness (QED) is 0.747. The highest BCUT2D eigenvalue weighted by Gasteiger charge is 2.33. The normalized spacial score (nSPS) is 30.6. The van der Waals surface area contributed by atoms with Crippen molar-refractivity contribution in [3.05, 3.63) is 0 Å². The molecule has 2 atom stereocenters. The summed E-state index contributed by atoms with van der Waals surface area (Å²) in [4.78, 5) is 2.66. The Balaban J connectivity index is 2.58. The Labute approximate surface area is 89.1 Å². The van der Waals surface area contributed by atoms with Gasteiger partial charge >= 0.3 is 0 Å². The summed E-state index contributed by atoms with van der Waals surface area (Å²) in [5, 5.41) is 3.30. The lowest BCUT2D eigenvalue weighted by Crippen LogP contribution is -2.56. The second-order valence-electron chi connectivity index (χ2n) is 5.51. The SMILES string of the molecule is CNCC(C)(C)N1CCC(C)CC1C. The zero-order valence-electron chi connectivity index (χ0n) is 10.4. The summed E-state index contributed by atoms with van der Waals surface area (Å²) in [6.07, 6.45) is 2.71. The van der Waals surface area contributed by atoms with Crippen molar-refractivity contribution < 1.29 is 0 Å². The summed E-state index contributed by atoms with van der Waals surface area (Å²) in [6, 6.07) is 0.738. The smallest absolute Gasteiger partial charge is 0.0280 e. The third-order valence-corrected chi connectivity index (χ3v) is 3.53. The van der Waals surface area contributed by atoms with E-state index in [2.05, 4.69) is 37.9 Å². The number of hydrogen-bond donors (Lipinski definition) is 1. The summed E-state index contributed by atoms with van der Waals surface area (Å²) in [5.41, 5.74) is 0.300. The standard InChI is InChI=1S/C12H26N2/c1-10-6-7-14(11(2)8-10)12(3,4)9-13-5/h10-11,13H,6-9H2,1-5H3. The lowest BCUT2D eigenvalue weighted by molar-refractivity contribution is 0.0328. The van der Waals surface area contributed by atoms with Crippen LogP contribution >= 0.6 is 0 Å². The molecule has 0 aromatic rings. The molecule has 0 aromatic carbocycles. The highest BCUT2D eigenvalue weighted by molar-refractivity contribution is 4.90. The molecular weight excluding hydrogens is 172 g/mol. The molecule has 2 unspecified atom stereocenters. The van der Waals surface area contributed by atoms with Crippen LogP contribution in [0.15, 0.2) is 0 Å². The predicted molar refractivity (Wildman–Crippen MR) is 62.6 cm³/mol. The van der Waals surface area contributed by atoms with Gasteiger partial charge in [-0.2, -0.15) is 0 Å². The van der Waals surface area contributed by atoms with Crippen LogP contribution in [-0.4, -0.2) is 36.6 Å². The highest BCUT2D eigenvalue weighted by Crippen LogP contribution is 2.28. The average Bonchev–Trinajstić information content (AvgIpc) is 2.02. The third kappa shape index (κ3) is 2.71. The van der Waals surface area contributed by atoms with Crippen LogP contribution in [-0.2, 0) is 0 Å². The first kappa shape index (κ1) is 12.0. The molecule has 2 heteroatoms. The van der Waals surface area contributed by atoms with Gasteiger partial charge in [-0.3, -0.25) is 4.90 Å². The van der Waals surface area contributed by atoms with Crippen molar-refractivity contribution in [3.63, 3.8) is 0 Å². The minimum atomic E-state index is 0.300. The average molecular weight is 198 g/mol. The van der Waals surface area contributed by atoms with Gasteiger partial charge in [-0.05, 0) is 53.1 Å². The number of nitrogens with zero attached hydrogens (tertiary/aromatic N) is 1. The van der Waals surface area contributed by atoms with Crippen LogP contribution in [0.2, 0.25) is 0 Å². The van der Waals surface area contributed by atoms with Crippen LogP contribution in [0, 0.1) is 5.92 Å². The van der Waals surface area contributed by atoms with Crippen molar-refractivity contribution in [2.24, 2.45) is 5.92 Å². The van der Waals surface area contributed by atoms with Gasteiger partial charge in [0, 0.05) is 18.1 Å². The molecular formula is C12H26N2. The third-order valence-electron chi connectivity index (χ3n) is 3.53. The van der Waals surface area contributed by atoms with E-state index < -0.39 is 0 Å². The van der Waals surface area contributed by atoms with Crippen molar-refractivity contribution in [2.45, 2.75) is 52.1 Å². The highest BCUT2D eigenvalue weighted by atomic mass is 15.2. The summed E-state index contributed by atoms with van der Waals surface area (Å²) >= 11 is 0. The van der Waals surface area contributed by atoms with Crippen LogP contribution in [0.3, 0.4) is 0 Å². The Hall–Kier alpha value is -0.0800. The topological polar surface area (TPSA) is 15.3 Å². The Kier molecular flexibility index (Phi) is 3.96. The monoisotopic (exact) mass is 198 g/mol. The summed E-state index contributed by atoms with van der Waals surface area (Å²) in [6.45, 7) is 11.8. The Morgan fingerprint density at radius 1 is 1.36 bits per heavy atom. The van der Waals surface area contributed by atoms with E-state index in [0.717, 1.165) is 18.5 Å². The number of likely N-dealkylation sites (N-methyl/N-ethyl adjacent to an activating group) is 1. The molecule has 1 N–H and O–H groups in total. The molecule has 0 aromatic heterocycles. The molecule has 1 fully saturated rings. The molecule has 0 amide bonds. The van der Waals surface area contributed by atoms with Crippen LogP contribution in [0.5, 0.6) is 0 Å². The fraction of sp³-hybridized carbons (Fsp3) is 1.00. The number of rotatable bonds is 3. The first-order valence-electron chi connectivity index (χ1n) is 5.88. The van der Waals surface area contributed by atoms with Gasteiger partial charge < -0.3 is 5.32 Å². The minimum Gasteiger partial charge on any atom is -0.318 e. The molecule has 1 heterocycles. The van der Waals surface area contributed by atoms with Gasteiger partial charge in [0.1, 0.15) is 0 Å². The summed E-state index contributed by atoms with van der Waals surface area (Å²) in [5.74, 6) is 0.909. The van der Waals surface area contributed by atoms with E-state index in [1.165, 1.54) is 19.4 Å². The summed E-state index contributed by atoms with van der Waals surface area (Å²) < 4.78 is 0. The zero-order chi connectivity index (χ0) is 10.8. The Morgan fingerprint density at radius 3 is 2.50 bits per heavy atom. The molecule has 84 valence electrons. The van der Waals surface area contributed by atoms with E-state index >= 15 is 0 Å². The molecule has 14 heavy (non-hydrogen) atoms. The first-order valence-corrected chi connectivity index (χ1v) is 5.88. The van der Waals surface area contributed by atoms with Gasteiger partial charge in [-0.25, -0.2) is 0 Å². The second kappa shape index (κ2) is 4.63. The molecule has 0 radical (unpaired) electrons. The lowest BCUT2D eigenvalue weighted by Gasteiger charge is -2.46. The van der Waals surface area contributed by atoms with Gasteiger partial charge in [-0.15, -0.1) is 0 Å². The lowest BCUT2D eigenvalue weighted by atomic mass is 9.88. The van der Waals surface area contributed by atoms with Gasteiger partial charge in [0.15, 0.2) is 0 Å². The van der Waals surface area contributed by atoms with E-state index in [0.29, 0.717) is 5.54 Å². The molecule has 0 saturated carbocycles. The van der Waals surface area contributed by atoms with Crippen LogP contribution < -0.4 is 5.32 Å². The van der Waals surface area contributed by atoms with Crippen LogP contribution in [0.4, 0.5) is 0 Å². The van der Waals surface area contributed by atoms with Gasteiger partial charge in [-0.1, -0.05) is 6.92 Å². The predicted octanol–water partition coefficient (Wildman–Crippen LogP) is 2.10. The largest absolute Gasteiger partial charge is 0.318 e. The van der Waals surface area contributed by atoms with E-state index in [1.807, 2.05) is 7.05 Å². The molecule has 0 spiro atoms. The molecule has 1 saturated heterocycles. The Bertz CT molecular complexity index is 177. The molecule has 1 aliphatic heterocycles. The van der Waals surface area contributed by atoms with E-state index in [4.69, 9.17) is 0 Å². The number of nitrogens with one attached hydrogen (secondary N) is 1. The van der Waals surface area contributed by atoms with Gasteiger partial charge in [0.05, 0.1) is 0 Å². The summed E-state index contributed by atoms with van der Waals surface area (Å²) in [7, 11) is 2.04. The molecule has 2 nitrogen and oxygen atoms in total. The zero-order valence-corrected chi connectivity index (χ0v) is 10.4. The molecule has 1 rings (SSSR count). The van der Waals surface area contributed by atoms with Crippen molar-refractivity contribution in [1.29, 1.82) is 0 Å². The fourth-order valence-corrected chi connectivity index (χ4v) is 2.84. The second-order valence-corrected chi connectivity index (χ2v) is 5.51. The minimum absolute atomic E-state index is 0.300. The number of likely N-dealkylation sites (tertiary alicyclic amines) is 1. The van der Waals surface area contributed by atoms with Crippen molar-refractivity contribution in [1.82, 2.24) is 10.2 Å². The molecule has 1 aliphatic rings. The van der Waals surface area contributed by atoms with Gasteiger partial charge in [0.25, 0.3) is 0 Å². The number of hydrogen-bond acceptors (Lipinski definition) is 2. The maximum absolute atomic E-state index is 3.30. The first-order chi connectivity index (χ1) is 6.47. The van der Waals surface area contributed by atoms with Crippen molar-refractivity contribution in [3.8, 4) is 0 Å². The van der Waals surface area contributed by atoms with Crippen LogP contribution in [0.1, 0.15) is 40.5 Å². The number of piperidine rings is 1. The maximum atomic E-state index is 3.30. The van der Waals surface area contributed by atoms with Gasteiger partial charge in [0.2, 0.25) is 0 Å². The Morgan fingerprint density at radius 2 is 2.00 bits per heavy atom. The molecule has 0 aliphatic carbocycles. The van der Waals surface area contributed by atoms with Crippen molar-refractivity contribution in [2.75, 3.05) is 20.1 Å². The fourth-order valence-electron chi connectivity index (χ4n) is 2.84. The van der Waals surface area contributed by atoms with E-state index in [1.54, 1.807) is 0 Å². The maximum Gasteiger partial charge on any atom is 0.0280 e. The van der Waals surface area contributed by atoms with E-state index in [9.17, 15) is 0 Å². The van der Waals surface area contributed by atoms with Crippen molar-refractivity contribution >= 4 is 0 Å². The molecule has 0 bridgehead atoms. The van der Waals surface area contributed by atoms with E-state index in [-0.39, 0.29) is 0 Å². The van der Waals surface area contributed by atoms with Crippen LogP contribution in [0.25, 0.3) is 0 Å².